The number of ketones is 3. The molecule has 2 aliphatic heterocycles. The minimum absolute atomic E-state index is 0.397. The van der Waals surface area contributed by atoms with Crippen LogP contribution < -0.4 is 21.3 Å². The van der Waals surface area contributed by atoms with Crippen LogP contribution in [-0.2, 0) is 14.4 Å². The Morgan fingerprint density at radius 2 is 1.17 bits per heavy atom. The quantitative estimate of drug-likeness (QED) is 0.310. The van der Waals surface area contributed by atoms with Crippen molar-refractivity contribution in [1.82, 2.24) is 21.3 Å². The molecule has 0 aromatic heterocycles. The number of piperazine rings is 2. The molecule has 2 aliphatic rings. The van der Waals surface area contributed by atoms with Gasteiger partial charge in [-0.15, -0.1) is 0 Å². The molecular formula is C11H18N4O3. The smallest absolute Gasteiger partial charge is 0.267 e. The van der Waals surface area contributed by atoms with Crippen molar-refractivity contribution in [3.8, 4) is 0 Å². The van der Waals surface area contributed by atoms with E-state index in [2.05, 4.69) is 21.3 Å². The van der Waals surface area contributed by atoms with Crippen molar-refractivity contribution in [1.29, 1.82) is 0 Å². The molecule has 2 unspecified atom stereocenters. The van der Waals surface area contributed by atoms with Crippen molar-refractivity contribution in [3.63, 3.8) is 0 Å². The van der Waals surface area contributed by atoms with Crippen molar-refractivity contribution in [2.45, 2.75) is 12.1 Å². The molecule has 0 amide bonds. The molecule has 0 aromatic rings. The number of carbonyl (C=O) groups excluding carboxylic acids is 3. The maximum absolute atomic E-state index is 11.9. The molecule has 4 N–H and O–H groups in total. The van der Waals surface area contributed by atoms with Gasteiger partial charge >= 0.3 is 0 Å². The first-order valence-electron chi connectivity index (χ1n) is 6.20. The molecular weight excluding hydrogens is 236 g/mol. The number of carbonyl (C=O) groups is 3. The van der Waals surface area contributed by atoms with E-state index in [1.807, 2.05) is 0 Å². The van der Waals surface area contributed by atoms with Crippen LogP contribution in [0.5, 0.6) is 0 Å². The van der Waals surface area contributed by atoms with Crippen LogP contribution in [-0.4, -0.2) is 68.7 Å². The molecule has 2 heterocycles. The first kappa shape index (κ1) is 13.3. The largest absolute Gasteiger partial charge is 0.313 e. The minimum atomic E-state index is -0.905. The van der Waals surface area contributed by atoms with Crippen molar-refractivity contribution in [2.24, 2.45) is 0 Å². The lowest BCUT2D eigenvalue weighted by Crippen LogP contribution is -2.59. The van der Waals surface area contributed by atoms with Crippen LogP contribution >= 0.6 is 0 Å². The lowest BCUT2D eigenvalue weighted by atomic mass is 9.99. The summed E-state index contributed by atoms with van der Waals surface area (Å²) in [7, 11) is 0. The van der Waals surface area contributed by atoms with Gasteiger partial charge in [0.15, 0.2) is 0 Å². The second-order valence-electron chi connectivity index (χ2n) is 4.48. The highest BCUT2D eigenvalue weighted by atomic mass is 16.2. The van der Waals surface area contributed by atoms with Gasteiger partial charge in [0.05, 0.1) is 12.1 Å². The van der Waals surface area contributed by atoms with Gasteiger partial charge in [0.25, 0.3) is 5.78 Å². The Morgan fingerprint density at radius 1 is 0.722 bits per heavy atom. The van der Waals surface area contributed by atoms with E-state index in [-0.39, 0.29) is 0 Å². The van der Waals surface area contributed by atoms with Crippen molar-refractivity contribution in [3.05, 3.63) is 0 Å². The lowest BCUT2D eigenvalue weighted by molar-refractivity contribution is -0.145. The van der Waals surface area contributed by atoms with Crippen LogP contribution in [0.25, 0.3) is 0 Å². The number of Topliss-reactive ketones (excluding diaryl/α,β-unsaturated/α-hetero) is 3. The van der Waals surface area contributed by atoms with Crippen LogP contribution in [0.15, 0.2) is 0 Å². The molecule has 0 aromatic carbocycles. The molecule has 100 valence electrons. The maximum atomic E-state index is 11.9. The predicted octanol–water partition coefficient (Wildman–Crippen LogP) is -3.18. The molecule has 7 heteroatoms. The zero-order valence-electron chi connectivity index (χ0n) is 10.1. The minimum Gasteiger partial charge on any atom is -0.313 e. The zero-order valence-corrected chi connectivity index (χ0v) is 10.1. The number of hydrogen-bond acceptors (Lipinski definition) is 7. The van der Waals surface area contributed by atoms with Crippen molar-refractivity contribution >= 4 is 17.3 Å². The Balaban J connectivity index is 1.92. The van der Waals surface area contributed by atoms with Gasteiger partial charge in [-0.25, -0.2) is 0 Å². The average molecular weight is 254 g/mol. The number of rotatable bonds is 4. The summed E-state index contributed by atoms with van der Waals surface area (Å²) in [6.45, 7) is 3.57. The molecule has 18 heavy (non-hydrogen) atoms. The first-order chi connectivity index (χ1) is 8.70. The summed E-state index contributed by atoms with van der Waals surface area (Å²) in [5, 5.41) is 11.9. The highest BCUT2D eigenvalue weighted by Crippen LogP contribution is 1.97. The van der Waals surface area contributed by atoms with E-state index >= 15 is 0 Å². The van der Waals surface area contributed by atoms with E-state index < -0.39 is 29.4 Å². The standard InChI is InChI=1S/C11H18N4O3/c16-9(7-5-12-1-3-14-7)11(18)10(17)8-6-13-2-4-15-8/h7-8,12-15H,1-6H2. The van der Waals surface area contributed by atoms with E-state index in [9.17, 15) is 14.4 Å². The van der Waals surface area contributed by atoms with Gasteiger partial charge in [-0.3, -0.25) is 14.4 Å². The van der Waals surface area contributed by atoms with E-state index in [4.69, 9.17) is 0 Å². The van der Waals surface area contributed by atoms with Gasteiger partial charge in [0, 0.05) is 39.3 Å². The maximum Gasteiger partial charge on any atom is 0.267 e. The van der Waals surface area contributed by atoms with E-state index in [1.54, 1.807) is 0 Å². The highest BCUT2D eigenvalue weighted by Gasteiger charge is 2.35. The zero-order chi connectivity index (χ0) is 13.0. The fourth-order valence-corrected chi connectivity index (χ4v) is 2.12. The van der Waals surface area contributed by atoms with Gasteiger partial charge in [0.1, 0.15) is 0 Å². The normalized spacial score (nSPS) is 28.7. The van der Waals surface area contributed by atoms with E-state index in [1.165, 1.54) is 0 Å². The molecule has 0 radical (unpaired) electrons. The summed E-state index contributed by atoms with van der Waals surface area (Å²) in [6.07, 6.45) is 0. The third-order valence-corrected chi connectivity index (χ3v) is 3.16. The van der Waals surface area contributed by atoms with Gasteiger partial charge in [-0.1, -0.05) is 0 Å². The predicted molar refractivity (Wildman–Crippen MR) is 64.3 cm³/mol. The van der Waals surface area contributed by atoms with Gasteiger partial charge in [0.2, 0.25) is 11.6 Å². The Morgan fingerprint density at radius 3 is 1.50 bits per heavy atom. The molecule has 2 atom stereocenters. The Bertz CT molecular complexity index is 314. The third-order valence-electron chi connectivity index (χ3n) is 3.16. The summed E-state index contributed by atoms with van der Waals surface area (Å²) in [4.78, 5) is 35.5. The second-order valence-corrected chi connectivity index (χ2v) is 4.48. The Hall–Kier alpha value is -1.15. The molecule has 7 nitrogen and oxygen atoms in total. The van der Waals surface area contributed by atoms with Crippen molar-refractivity contribution < 1.29 is 14.4 Å². The molecule has 2 rings (SSSR count). The van der Waals surface area contributed by atoms with E-state index in [0.29, 0.717) is 26.2 Å². The molecule has 0 aliphatic carbocycles. The topological polar surface area (TPSA) is 99.3 Å². The van der Waals surface area contributed by atoms with Crippen LogP contribution in [0.4, 0.5) is 0 Å². The summed E-state index contributed by atoms with van der Waals surface area (Å²) in [6, 6.07) is -1.15. The highest BCUT2D eigenvalue weighted by molar-refractivity contribution is 6.65. The molecule has 2 saturated heterocycles. The average Bonchev–Trinajstić information content (AvgIpc) is 2.47. The van der Waals surface area contributed by atoms with Gasteiger partial charge in [-0.2, -0.15) is 0 Å². The summed E-state index contributed by atoms with van der Waals surface area (Å²) >= 11 is 0. The van der Waals surface area contributed by atoms with E-state index in [0.717, 1.165) is 13.1 Å². The van der Waals surface area contributed by atoms with Crippen LogP contribution in [0.2, 0.25) is 0 Å². The third kappa shape index (κ3) is 2.99. The second kappa shape index (κ2) is 6.14. The van der Waals surface area contributed by atoms with Gasteiger partial charge < -0.3 is 21.3 Å². The SMILES string of the molecule is O=C(C(=O)C1CNCCN1)C(=O)C1CNCCN1. The first-order valence-corrected chi connectivity index (χ1v) is 6.20. The Labute approximate surface area is 105 Å². The fourth-order valence-electron chi connectivity index (χ4n) is 2.12. The molecule has 0 spiro atoms. The lowest BCUT2D eigenvalue weighted by Gasteiger charge is -2.25. The van der Waals surface area contributed by atoms with Crippen LogP contribution in [0, 0.1) is 0 Å². The Kier molecular flexibility index (Phi) is 4.54. The number of nitrogens with one attached hydrogen (secondary N) is 4. The molecule has 0 bridgehead atoms. The summed E-state index contributed by atoms with van der Waals surface area (Å²) < 4.78 is 0. The summed E-state index contributed by atoms with van der Waals surface area (Å²) in [5.41, 5.74) is 0. The monoisotopic (exact) mass is 254 g/mol. The van der Waals surface area contributed by atoms with Gasteiger partial charge in [-0.05, 0) is 0 Å². The molecule has 0 saturated carbocycles. The van der Waals surface area contributed by atoms with Crippen LogP contribution in [0.3, 0.4) is 0 Å². The fraction of sp³-hybridized carbons (Fsp3) is 0.727. The number of hydrogen-bond donors (Lipinski definition) is 4. The van der Waals surface area contributed by atoms with Crippen molar-refractivity contribution in [2.75, 3.05) is 39.3 Å². The van der Waals surface area contributed by atoms with Crippen LogP contribution in [0.1, 0.15) is 0 Å². The summed E-state index contributed by atoms with van der Waals surface area (Å²) in [5.74, 6) is -2.18. The molecule has 2 fully saturated rings.